The van der Waals surface area contributed by atoms with Gasteiger partial charge in [-0.2, -0.15) is 0 Å². The van der Waals surface area contributed by atoms with Crippen LogP contribution in [0.1, 0.15) is 31.1 Å². The zero-order chi connectivity index (χ0) is 20.2. The number of amides is 2. The van der Waals surface area contributed by atoms with Gasteiger partial charge >= 0.3 is 5.97 Å². The zero-order valence-corrected chi connectivity index (χ0v) is 15.4. The second-order valence-electron chi connectivity index (χ2n) is 6.34. The maximum Gasteiger partial charge on any atom is 0.338 e. The molecule has 0 spiro atoms. The molecule has 1 heterocycles. The van der Waals surface area contributed by atoms with Crippen molar-refractivity contribution in [3.05, 3.63) is 95.6 Å². The Bertz CT molecular complexity index is 1030. The molecule has 3 aromatic rings. The third-order valence-electron chi connectivity index (χ3n) is 4.48. The number of benzene rings is 3. The van der Waals surface area contributed by atoms with Crippen LogP contribution >= 0.6 is 0 Å². The summed E-state index contributed by atoms with van der Waals surface area (Å²) in [5.74, 6) is -0.553. The average Bonchev–Trinajstić information content (AvgIpc) is 3.02. The number of imide groups is 1. The van der Waals surface area contributed by atoms with Crippen molar-refractivity contribution in [3.63, 3.8) is 0 Å². The van der Waals surface area contributed by atoms with Crippen LogP contribution in [-0.4, -0.2) is 31.0 Å². The number of hydrogen-bond donors (Lipinski definition) is 0. The second kappa shape index (κ2) is 7.98. The Balaban J connectivity index is 1.36. The first kappa shape index (κ1) is 18.4. The topological polar surface area (TPSA) is 72.9 Å². The fraction of sp³-hybridized carbons (Fsp3) is 0.0870. The Hall–Kier alpha value is -3.93. The number of anilines is 1. The van der Waals surface area contributed by atoms with Crippen LogP contribution in [-0.2, 0) is 4.74 Å². The third-order valence-corrected chi connectivity index (χ3v) is 4.48. The molecule has 1 aliphatic rings. The summed E-state index contributed by atoms with van der Waals surface area (Å²) in [5, 5.41) is 0. The van der Waals surface area contributed by atoms with Crippen LogP contribution in [0.5, 0.6) is 5.75 Å². The number of fused-ring (bicyclic) bond motifs is 1. The number of hydrogen-bond acceptors (Lipinski definition) is 5. The van der Waals surface area contributed by atoms with Crippen LogP contribution in [0.15, 0.2) is 78.9 Å². The van der Waals surface area contributed by atoms with E-state index < -0.39 is 5.97 Å². The standard InChI is InChI=1S/C23H17NO5/c25-21-19-8-4-5-9-20(19)22(26)24(21)17-12-10-16(11-13-17)23(27)29-15-14-28-18-6-2-1-3-7-18/h1-13H,14-15H2. The van der Waals surface area contributed by atoms with Gasteiger partial charge in [0.05, 0.1) is 22.4 Å². The minimum Gasteiger partial charge on any atom is -0.490 e. The first-order valence-corrected chi connectivity index (χ1v) is 9.08. The number of nitrogens with zero attached hydrogens (tertiary/aromatic N) is 1. The lowest BCUT2D eigenvalue weighted by atomic mass is 10.1. The van der Waals surface area contributed by atoms with Gasteiger partial charge in [-0.3, -0.25) is 9.59 Å². The van der Waals surface area contributed by atoms with Crippen molar-refractivity contribution < 1.29 is 23.9 Å². The second-order valence-corrected chi connectivity index (χ2v) is 6.34. The van der Waals surface area contributed by atoms with Gasteiger partial charge in [-0.25, -0.2) is 9.69 Å². The van der Waals surface area contributed by atoms with Gasteiger partial charge in [0.1, 0.15) is 19.0 Å². The highest BCUT2D eigenvalue weighted by Gasteiger charge is 2.36. The van der Waals surface area contributed by atoms with E-state index in [1.807, 2.05) is 30.3 Å². The molecule has 6 nitrogen and oxygen atoms in total. The lowest BCUT2D eigenvalue weighted by molar-refractivity contribution is 0.0450. The average molecular weight is 387 g/mol. The highest BCUT2D eigenvalue weighted by molar-refractivity contribution is 6.34. The number of carbonyl (C=O) groups excluding carboxylic acids is 3. The van der Waals surface area contributed by atoms with Crippen LogP contribution in [0.3, 0.4) is 0 Å². The maximum atomic E-state index is 12.5. The summed E-state index contributed by atoms with van der Waals surface area (Å²) in [6.45, 7) is 0.344. The van der Waals surface area contributed by atoms with Gasteiger partial charge in [-0.15, -0.1) is 0 Å². The first-order chi connectivity index (χ1) is 14.1. The number of carbonyl (C=O) groups is 3. The lowest BCUT2D eigenvalue weighted by Crippen LogP contribution is -2.29. The molecule has 6 heteroatoms. The Morgan fingerprint density at radius 2 is 1.31 bits per heavy atom. The first-order valence-electron chi connectivity index (χ1n) is 9.08. The van der Waals surface area contributed by atoms with E-state index in [0.717, 1.165) is 4.90 Å². The van der Waals surface area contributed by atoms with E-state index in [9.17, 15) is 14.4 Å². The van der Waals surface area contributed by atoms with Crippen LogP contribution in [0, 0.1) is 0 Å². The fourth-order valence-corrected chi connectivity index (χ4v) is 3.06. The van der Waals surface area contributed by atoms with Gasteiger partial charge in [0.15, 0.2) is 0 Å². The molecule has 0 N–H and O–H groups in total. The molecule has 2 amide bonds. The summed E-state index contributed by atoms with van der Waals surface area (Å²) in [7, 11) is 0. The Kier molecular flexibility index (Phi) is 5.07. The number of esters is 1. The summed E-state index contributed by atoms with van der Waals surface area (Å²) < 4.78 is 10.7. The maximum absolute atomic E-state index is 12.5. The van der Waals surface area contributed by atoms with Crippen molar-refractivity contribution in [1.29, 1.82) is 0 Å². The molecular weight excluding hydrogens is 370 g/mol. The third kappa shape index (κ3) is 3.73. The largest absolute Gasteiger partial charge is 0.490 e. The van der Waals surface area contributed by atoms with Gasteiger partial charge in [0, 0.05) is 0 Å². The van der Waals surface area contributed by atoms with E-state index in [-0.39, 0.29) is 25.0 Å². The quantitative estimate of drug-likeness (QED) is 0.366. The zero-order valence-electron chi connectivity index (χ0n) is 15.4. The Morgan fingerprint density at radius 3 is 1.93 bits per heavy atom. The van der Waals surface area contributed by atoms with E-state index in [1.165, 1.54) is 12.1 Å². The highest BCUT2D eigenvalue weighted by atomic mass is 16.6. The minimum atomic E-state index is -0.504. The van der Waals surface area contributed by atoms with E-state index in [0.29, 0.717) is 28.1 Å². The van der Waals surface area contributed by atoms with Crippen molar-refractivity contribution in [2.75, 3.05) is 18.1 Å². The summed E-state index contributed by atoms with van der Waals surface area (Å²) in [4.78, 5) is 38.3. The van der Waals surface area contributed by atoms with E-state index in [4.69, 9.17) is 9.47 Å². The molecule has 0 unspecified atom stereocenters. The summed E-state index contributed by atoms with van der Waals surface area (Å²) >= 11 is 0. The number of para-hydroxylation sites is 1. The molecular formula is C23H17NO5. The molecule has 0 bridgehead atoms. The lowest BCUT2D eigenvalue weighted by Gasteiger charge is -2.14. The van der Waals surface area contributed by atoms with E-state index in [1.54, 1.807) is 36.4 Å². The normalized spacial score (nSPS) is 12.6. The minimum absolute atomic E-state index is 0.105. The molecule has 0 saturated carbocycles. The molecule has 0 atom stereocenters. The van der Waals surface area contributed by atoms with Gasteiger partial charge < -0.3 is 9.47 Å². The van der Waals surface area contributed by atoms with Crippen molar-refractivity contribution >= 4 is 23.5 Å². The van der Waals surface area contributed by atoms with Gasteiger partial charge in [-0.05, 0) is 48.5 Å². The van der Waals surface area contributed by atoms with Crippen LogP contribution < -0.4 is 9.64 Å². The van der Waals surface area contributed by atoms with Gasteiger partial charge in [-0.1, -0.05) is 30.3 Å². The fourth-order valence-electron chi connectivity index (χ4n) is 3.06. The Labute approximate surface area is 167 Å². The molecule has 3 aromatic carbocycles. The molecule has 0 radical (unpaired) electrons. The van der Waals surface area contributed by atoms with E-state index >= 15 is 0 Å². The van der Waals surface area contributed by atoms with Crippen molar-refractivity contribution in [1.82, 2.24) is 0 Å². The van der Waals surface area contributed by atoms with Crippen molar-refractivity contribution in [2.24, 2.45) is 0 Å². The molecule has 144 valence electrons. The van der Waals surface area contributed by atoms with E-state index in [2.05, 4.69) is 0 Å². The molecule has 0 aliphatic carbocycles. The SMILES string of the molecule is O=C(OCCOc1ccccc1)c1ccc(N2C(=O)c3ccccc3C2=O)cc1. The Morgan fingerprint density at radius 1 is 0.724 bits per heavy atom. The highest BCUT2D eigenvalue weighted by Crippen LogP contribution is 2.28. The smallest absolute Gasteiger partial charge is 0.338 e. The summed E-state index contributed by atoms with van der Waals surface area (Å²) in [6, 6.07) is 22.1. The monoisotopic (exact) mass is 387 g/mol. The van der Waals surface area contributed by atoms with Crippen LogP contribution in [0.4, 0.5) is 5.69 Å². The summed E-state index contributed by atoms with van der Waals surface area (Å²) in [5.41, 5.74) is 1.48. The predicted molar refractivity (Wildman–Crippen MR) is 106 cm³/mol. The van der Waals surface area contributed by atoms with Crippen LogP contribution in [0.2, 0.25) is 0 Å². The molecule has 0 aromatic heterocycles. The number of ether oxygens (including phenoxy) is 2. The van der Waals surface area contributed by atoms with Gasteiger partial charge in [0.25, 0.3) is 11.8 Å². The van der Waals surface area contributed by atoms with Gasteiger partial charge in [0.2, 0.25) is 0 Å². The molecule has 29 heavy (non-hydrogen) atoms. The van der Waals surface area contributed by atoms with Crippen molar-refractivity contribution in [2.45, 2.75) is 0 Å². The molecule has 0 saturated heterocycles. The predicted octanol–water partition coefficient (Wildman–Crippen LogP) is 3.72. The molecule has 1 aliphatic heterocycles. The molecule has 4 rings (SSSR count). The summed E-state index contributed by atoms with van der Waals surface area (Å²) in [6.07, 6.45) is 0. The van der Waals surface area contributed by atoms with Crippen molar-refractivity contribution in [3.8, 4) is 5.75 Å². The number of rotatable bonds is 6. The van der Waals surface area contributed by atoms with Crippen LogP contribution in [0.25, 0.3) is 0 Å². The molecule has 0 fully saturated rings.